The molecule has 0 amide bonds. The van der Waals surface area contributed by atoms with Gasteiger partial charge in [-0.25, -0.2) is 0 Å². The van der Waals surface area contributed by atoms with Crippen LogP contribution in [0.1, 0.15) is 32.3 Å². The molecule has 1 aromatic carbocycles. The topological polar surface area (TPSA) is 70.8 Å². The van der Waals surface area contributed by atoms with Gasteiger partial charge >= 0.3 is 5.97 Å². The maximum absolute atomic E-state index is 11.6. The molecule has 0 heterocycles. The predicted molar refractivity (Wildman–Crippen MR) is 81.1 cm³/mol. The Morgan fingerprint density at radius 2 is 2.14 bits per heavy atom. The van der Waals surface area contributed by atoms with Crippen LogP contribution in [0.2, 0.25) is 0 Å². The van der Waals surface area contributed by atoms with Crippen molar-refractivity contribution in [3.05, 3.63) is 29.8 Å². The first-order valence-electron chi connectivity index (χ1n) is 7.16. The smallest absolute Gasteiger partial charge is 0.325 e. The molecular formula is C16H25NO4. The third-order valence-electron chi connectivity index (χ3n) is 3.06. The number of esters is 1. The molecule has 1 unspecified atom stereocenters. The van der Waals surface area contributed by atoms with Crippen LogP contribution in [0.3, 0.4) is 0 Å². The second kappa shape index (κ2) is 8.64. The molecular weight excluding hydrogens is 270 g/mol. The molecule has 2 N–H and O–H groups in total. The monoisotopic (exact) mass is 295 g/mol. The number of hydrogen-bond acceptors (Lipinski definition) is 5. The summed E-state index contributed by atoms with van der Waals surface area (Å²) in [6.45, 7) is 4.85. The highest BCUT2D eigenvalue weighted by Gasteiger charge is 2.29. The summed E-state index contributed by atoms with van der Waals surface area (Å²) in [4.78, 5) is 11.6. The van der Waals surface area contributed by atoms with Crippen LogP contribution in [0.4, 0.5) is 0 Å². The van der Waals surface area contributed by atoms with Crippen LogP contribution in [0.15, 0.2) is 24.3 Å². The summed E-state index contributed by atoms with van der Waals surface area (Å²) >= 11 is 0. The molecule has 0 aliphatic rings. The van der Waals surface area contributed by atoms with Gasteiger partial charge in [-0.3, -0.25) is 4.79 Å². The van der Waals surface area contributed by atoms with Crippen molar-refractivity contribution in [1.29, 1.82) is 0 Å². The fraction of sp³-hybridized carbons (Fsp3) is 0.562. The highest BCUT2D eigenvalue weighted by atomic mass is 16.5. The van der Waals surface area contributed by atoms with Crippen LogP contribution in [0.25, 0.3) is 0 Å². The van der Waals surface area contributed by atoms with Crippen LogP contribution < -0.4 is 10.5 Å². The van der Waals surface area contributed by atoms with Gasteiger partial charge in [0.1, 0.15) is 11.3 Å². The Morgan fingerprint density at radius 3 is 2.81 bits per heavy atom. The third-order valence-corrected chi connectivity index (χ3v) is 3.06. The minimum absolute atomic E-state index is 0.342. The van der Waals surface area contributed by atoms with Crippen molar-refractivity contribution in [2.24, 2.45) is 5.73 Å². The number of rotatable bonds is 9. The van der Waals surface area contributed by atoms with E-state index < -0.39 is 5.54 Å². The molecule has 21 heavy (non-hydrogen) atoms. The fourth-order valence-corrected chi connectivity index (χ4v) is 1.92. The number of carbonyl (C=O) groups is 1. The average molecular weight is 295 g/mol. The molecule has 0 aromatic heterocycles. The maximum Gasteiger partial charge on any atom is 0.325 e. The first-order valence-corrected chi connectivity index (χ1v) is 7.16. The first-order chi connectivity index (χ1) is 9.99. The molecule has 0 bridgehead atoms. The van der Waals surface area contributed by atoms with Crippen molar-refractivity contribution in [3.63, 3.8) is 0 Å². The number of methoxy groups -OCH3 is 1. The quantitative estimate of drug-likeness (QED) is 0.559. The van der Waals surface area contributed by atoms with E-state index in [4.69, 9.17) is 19.9 Å². The Kier molecular flexibility index (Phi) is 7.19. The number of nitrogens with two attached hydrogens (primary N) is 1. The van der Waals surface area contributed by atoms with Crippen molar-refractivity contribution in [3.8, 4) is 5.75 Å². The van der Waals surface area contributed by atoms with E-state index in [2.05, 4.69) is 0 Å². The van der Waals surface area contributed by atoms with Crippen molar-refractivity contribution < 1.29 is 19.0 Å². The molecule has 0 saturated heterocycles. The van der Waals surface area contributed by atoms with Crippen LogP contribution in [0, 0.1) is 0 Å². The van der Waals surface area contributed by atoms with Crippen molar-refractivity contribution in [2.75, 3.05) is 20.3 Å². The molecule has 1 atom stereocenters. The highest BCUT2D eigenvalue weighted by molar-refractivity contribution is 5.79. The SMILES string of the molecule is CCOC(=O)C(C)(N)CCCOc1cccc(COC)c1. The van der Waals surface area contributed by atoms with Gasteiger partial charge in [0.15, 0.2) is 0 Å². The van der Waals surface area contributed by atoms with E-state index in [1.807, 2.05) is 24.3 Å². The van der Waals surface area contributed by atoms with Crippen LogP contribution in [-0.4, -0.2) is 31.8 Å². The zero-order chi connectivity index (χ0) is 15.7. The summed E-state index contributed by atoms with van der Waals surface area (Å²) in [5.41, 5.74) is 6.04. The van der Waals surface area contributed by atoms with Crippen LogP contribution in [0.5, 0.6) is 5.75 Å². The van der Waals surface area contributed by atoms with Gasteiger partial charge < -0.3 is 19.9 Å². The summed E-state index contributed by atoms with van der Waals surface area (Å²) in [7, 11) is 1.66. The van der Waals surface area contributed by atoms with Crippen molar-refractivity contribution in [2.45, 2.75) is 38.8 Å². The second-order valence-corrected chi connectivity index (χ2v) is 5.17. The molecule has 5 heteroatoms. The van der Waals surface area contributed by atoms with E-state index in [1.54, 1.807) is 21.0 Å². The number of benzene rings is 1. The molecule has 5 nitrogen and oxygen atoms in total. The van der Waals surface area contributed by atoms with Gasteiger partial charge in [0, 0.05) is 7.11 Å². The zero-order valence-corrected chi connectivity index (χ0v) is 13.1. The molecule has 0 radical (unpaired) electrons. The number of carbonyl (C=O) groups excluding carboxylic acids is 1. The van der Waals surface area contributed by atoms with Gasteiger partial charge in [-0.05, 0) is 44.4 Å². The van der Waals surface area contributed by atoms with Crippen LogP contribution >= 0.6 is 0 Å². The van der Waals surface area contributed by atoms with E-state index in [-0.39, 0.29) is 5.97 Å². The Morgan fingerprint density at radius 1 is 1.38 bits per heavy atom. The third kappa shape index (κ3) is 6.14. The Hall–Kier alpha value is -1.59. The lowest BCUT2D eigenvalue weighted by molar-refractivity contribution is -0.149. The lowest BCUT2D eigenvalue weighted by Gasteiger charge is -2.22. The minimum atomic E-state index is -0.961. The molecule has 0 saturated carbocycles. The molecule has 0 aliphatic carbocycles. The summed E-state index contributed by atoms with van der Waals surface area (Å²) in [6.07, 6.45) is 1.20. The molecule has 0 fully saturated rings. The van der Waals surface area contributed by atoms with Crippen molar-refractivity contribution >= 4 is 5.97 Å². The zero-order valence-electron chi connectivity index (χ0n) is 13.1. The molecule has 1 aromatic rings. The lowest BCUT2D eigenvalue weighted by Crippen LogP contribution is -2.46. The first kappa shape index (κ1) is 17.5. The fourth-order valence-electron chi connectivity index (χ4n) is 1.92. The van der Waals surface area contributed by atoms with Crippen LogP contribution in [-0.2, 0) is 20.9 Å². The van der Waals surface area contributed by atoms with E-state index >= 15 is 0 Å². The summed E-state index contributed by atoms with van der Waals surface area (Å²) < 4.78 is 15.7. The molecule has 0 spiro atoms. The average Bonchev–Trinajstić information content (AvgIpc) is 2.45. The molecule has 118 valence electrons. The van der Waals surface area contributed by atoms with E-state index in [0.29, 0.717) is 32.7 Å². The molecule has 0 aliphatic heterocycles. The normalized spacial score (nSPS) is 13.5. The number of ether oxygens (including phenoxy) is 3. The van der Waals surface area contributed by atoms with E-state index in [1.165, 1.54) is 0 Å². The van der Waals surface area contributed by atoms with Gasteiger partial charge in [0.2, 0.25) is 0 Å². The van der Waals surface area contributed by atoms with Gasteiger partial charge in [-0.15, -0.1) is 0 Å². The molecule has 1 rings (SSSR count). The van der Waals surface area contributed by atoms with Crippen molar-refractivity contribution in [1.82, 2.24) is 0 Å². The second-order valence-electron chi connectivity index (χ2n) is 5.17. The van der Waals surface area contributed by atoms with E-state index in [0.717, 1.165) is 11.3 Å². The highest BCUT2D eigenvalue weighted by Crippen LogP contribution is 2.16. The van der Waals surface area contributed by atoms with Gasteiger partial charge in [0.05, 0.1) is 19.8 Å². The van der Waals surface area contributed by atoms with Gasteiger partial charge in [-0.2, -0.15) is 0 Å². The summed E-state index contributed by atoms with van der Waals surface area (Å²) in [5, 5.41) is 0. The lowest BCUT2D eigenvalue weighted by atomic mass is 9.98. The minimum Gasteiger partial charge on any atom is -0.494 e. The Balaban J connectivity index is 2.36. The summed E-state index contributed by atoms with van der Waals surface area (Å²) in [6, 6.07) is 7.74. The van der Waals surface area contributed by atoms with E-state index in [9.17, 15) is 4.79 Å². The van der Waals surface area contributed by atoms with Gasteiger partial charge in [-0.1, -0.05) is 12.1 Å². The van der Waals surface area contributed by atoms with Gasteiger partial charge in [0.25, 0.3) is 0 Å². The largest absolute Gasteiger partial charge is 0.494 e. The Labute approximate surface area is 126 Å². The number of hydrogen-bond donors (Lipinski definition) is 1. The maximum atomic E-state index is 11.6. The summed E-state index contributed by atoms with van der Waals surface area (Å²) in [5.74, 6) is 0.423. The Bertz CT molecular complexity index is 446. The predicted octanol–water partition coefficient (Wildman–Crippen LogP) is 2.27. The standard InChI is InChI=1S/C16H25NO4/c1-4-20-15(18)16(2,17)9-6-10-21-14-8-5-7-13(11-14)12-19-3/h5,7-8,11H,4,6,9-10,12,17H2,1-3H3.